The Morgan fingerprint density at radius 2 is 2.13 bits per heavy atom. The molecule has 5 rings (SSSR count). The fourth-order valence-corrected chi connectivity index (χ4v) is 3.81. The third kappa shape index (κ3) is 2.82. The molecule has 0 unspecified atom stereocenters. The first-order valence-electron chi connectivity index (χ1n) is 8.18. The van der Waals surface area contributed by atoms with E-state index in [0.29, 0.717) is 11.1 Å². The lowest BCUT2D eigenvalue weighted by atomic mass is 9.94. The maximum atomic E-state index is 12.6. The van der Waals surface area contributed by atoms with E-state index in [-0.39, 0.29) is 17.7 Å². The van der Waals surface area contributed by atoms with Crippen molar-refractivity contribution in [1.29, 1.82) is 5.26 Å². The molecule has 2 aromatic rings. The summed E-state index contributed by atoms with van der Waals surface area (Å²) in [7, 11) is 0. The van der Waals surface area contributed by atoms with Gasteiger partial charge in [-0.2, -0.15) is 5.26 Å². The minimum Gasteiger partial charge on any atom is -0.446 e. The second kappa shape index (κ2) is 5.71. The van der Waals surface area contributed by atoms with Gasteiger partial charge in [-0.05, 0) is 56.5 Å². The summed E-state index contributed by atoms with van der Waals surface area (Å²) in [5.41, 5.74) is 1.26. The van der Waals surface area contributed by atoms with E-state index in [2.05, 4.69) is 10.2 Å². The minimum absolute atomic E-state index is 0.0425. The van der Waals surface area contributed by atoms with Crippen molar-refractivity contribution >= 4 is 16.9 Å². The van der Waals surface area contributed by atoms with Crippen molar-refractivity contribution in [2.75, 3.05) is 19.6 Å². The number of hydrogen-bond acceptors (Lipinski definition) is 4. The molecular weight excluding hydrogens is 290 g/mol. The number of piperidine rings is 1. The van der Waals surface area contributed by atoms with Crippen molar-refractivity contribution < 1.29 is 9.21 Å². The number of nitrogens with one attached hydrogen (secondary N) is 1. The lowest BCUT2D eigenvalue weighted by molar-refractivity contribution is 0.0929. The van der Waals surface area contributed by atoms with Gasteiger partial charge in [-0.25, -0.2) is 0 Å². The molecule has 5 nitrogen and oxygen atoms in total. The maximum Gasteiger partial charge on any atom is 0.251 e. The molecule has 3 aliphatic rings. The zero-order valence-corrected chi connectivity index (χ0v) is 12.9. The van der Waals surface area contributed by atoms with Crippen LogP contribution in [0.5, 0.6) is 0 Å². The Labute approximate surface area is 134 Å². The summed E-state index contributed by atoms with van der Waals surface area (Å²) in [6, 6.07) is 9.19. The predicted octanol–water partition coefficient (Wildman–Crippen LogP) is 2.52. The molecule has 0 radical (unpaired) electrons. The summed E-state index contributed by atoms with van der Waals surface area (Å²) in [5.74, 6) is 0.971. The van der Waals surface area contributed by atoms with Gasteiger partial charge in [0.1, 0.15) is 11.7 Å². The van der Waals surface area contributed by atoms with Crippen LogP contribution in [-0.2, 0) is 0 Å². The van der Waals surface area contributed by atoms with E-state index < -0.39 is 0 Å². The summed E-state index contributed by atoms with van der Waals surface area (Å²) in [5, 5.41) is 12.9. The number of hydrogen-bond donors (Lipinski definition) is 1. The second-order valence-corrected chi connectivity index (χ2v) is 6.63. The number of furan rings is 1. The molecule has 1 atom stereocenters. The van der Waals surface area contributed by atoms with Crippen LogP contribution in [0.15, 0.2) is 28.7 Å². The van der Waals surface area contributed by atoms with Crippen molar-refractivity contribution in [2.45, 2.75) is 25.3 Å². The summed E-state index contributed by atoms with van der Waals surface area (Å²) < 4.78 is 5.36. The van der Waals surface area contributed by atoms with Crippen LogP contribution in [-0.4, -0.2) is 36.5 Å². The molecule has 1 aromatic carbocycles. The first kappa shape index (κ1) is 14.3. The summed E-state index contributed by atoms with van der Waals surface area (Å²) in [4.78, 5) is 15.0. The maximum absolute atomic E-state index is 12.6. The van der Waals surface area contributed by atoms with Gasteiger partial charge in [0.25, 0.3) is 5.91 Å². The van der Waals surface area contributed by atoms with E-state index in [0.717, 1.165) is 37.4 Å². The van der Waals surface area contributed by atoms with Gasteiger partial charge in [0.05, 0.1) is 0 Å². The average Bonchev–Trinajstić information content (AvgIpc) is 2.77. The molecule has 118 valence electrons. The van der Waals surface area contributed by atoms with Crippen LogP contribution < -0.4 is 5.32 Å². The van der Waals surface area contributed by atoms with Gasteiger partial charge in [0.15, 0.2) is 0 Å². The van der Waals surface area contributed by atoms with Crippen LogP contribution in [0.25, 0.3) is 11.0 Å². The zero-order valence-electron chi connectivity index (χ0n) is 12.9. The van der Waals surface area contributed by atoms with Crippen molar-refractivity contribution in [3.05, 3.63) is 35.6 Å². The fraction of sp³-hybridized carbons (Fsp3) is 0.444. The van der Waals surface area contributed by atoms with E-state index in [9.17, 15) is 4.79 Å². The highest BCUT2D eigenvalue weighted by Crippen LogP contribution is 2.27. The quantitative estimate of drug-likeness (QED) is 0.925. The number of nitrogens with zero attached hydrogens (tertiary/aromatic N) is 2. The summed E-state index contributed by atoms with van der Waals surface area (Å²) in [6.45, 7) is 3.28. The molecule has 1 amide bonds. The van der Waals surface area contributed by atoms with Gasteiger partial charge < -0.3 is 14.6 Å². The molecule has 0 spiro atoms. The molecule has 1 N–H and O–H groups in total. The van der Waals surface area contributed by atoms with E-state index in [1.807, 2.05) is 6.07 Å². The topological polar surface area (TPSA) is 69.3 Å². The molecule has 0 saturated carbocycles. The Morgan fingerprint density at radius 3 is 2.91 bits per heavy atom. The molecule has 3 fully saturated rings. The molecular formula is C18H19N3O2. The fourth-order valence-electron chi connectivity index (χ4n) is 3.81. The summed E-state index contributed by atoms with van der Waals surface area (Å²) >= 11 is 0. The van der Waals surface area contributed by atoms with Gasteiger partial charge in [-0.3, -0.25) is 4.79 Å². The van der Waals surface area contributed by atoms with Crippen molar-refractivity contribution in [2.24, 2.45) is 5.92 Å². The molecule has 23 heavy (non-hydrogen) atoms. The van der Waals surface area contributed by atoms with Crippen LogP contribution in [0, 0.1) is 17.2 Å². The van der Waals surface area contributed by atoms with Crippen molar-refractivity contribution in [3.8, 4) is 6.07 Å². The number of benzene rings is 1. The number of carbonyl (C=O) groups is 1. The highest BCUT2D eigenvalue weighted by Gasteiger charge is 2.29. The normalized spacial score (nSPS) is 26.7. The lowest BCUT2D eigenvalue weighted by Gasteiger charge is -2.26. The van der Waals surface area contributed by atoms with E-state index in [1.54, 1.807) is 24.3 Å². The van der Waals surface area contributed by atoms with Crippen LogP contribution in [0.4, 0.5) is 0 Å². The Balaban J connectivity index is 1.51. The number of amides is 1. The second-order valence-electron chi connectivity index (χ2n) is 6.63. The molecule has 0 aliphatic carbocycles. The standard InChI is InChI=1S/C18H19N3O2/c19-10-16-9-14-8-13(1-2-17(14)23-16)18(22)20-15-7-12-3-5-21(11-15)6-4-12/h1-2,8-9,12,15H,3-7,11H2,(H,20,22)/t15-/m1/s1. The SMILES string of the molecule is N#Cc1cc2cc(C(=O)N[C@@H]3CC4CCN(CC4)C3)ccc2o1. The van der Waals surface area contributed by atoms with Crippen molar-refractivity contribution in [3.63, 3.8) is 0 Å². The van der Waals surface area contributed by atoms with Gasteiger partial charge in [0, 0.05) is 29.6 Å². The highest BCUT2D eigenvalue weighted by molar-refractivity contribution is 5.98. The third-order valence-corrected chi connectivity index (χ3v) is 5.03. The van der Waals surface area contributed by atoms with E-state index >= 15 is 0 Å². The van der Waals surface area contributed by atoms with Crippen molar-refractivity contribution in [1.82, 2.24) is 10.2 Å². The first-order valence-corrected chi connectivity index (χ1v) is 8.18. The Bertz CT molecular complexity index is 767. The lowest BCUT2D eigenvalue weighted by Crippen LogP contribution is -2.41. The number of nitriles is 1. The molecule has 3 saturated heterocycles. The van der Waals surface area contributed by atoms with Crippen LogP contribution in [0.3, 0.4) is 0 Å². The van der Waals surface area contributed by atoms with Gasteiger partial charge in [0.2, 0.25) is 5.76 Å². The average molecular weight is 309 g/mol. The number of rotatable bonds is 2. The Kier molecular flexibility index (Phi) is 3.55. The third-order valence-electron chi connectivity index (χ3n) is 5.03. The smallest absolute Gasteiger partial charge is 0.251 e. The predicted molar refractivity (Wildman–Crippen MR) is 86.0 cm³/mol. The van der Waals surface area contributed by atoms with Gasteiger partial charge in [-0.1, -0.05) is 0 Å². The molecule has 5 heteroatoms. The minimum atomic E-state index is -0.0425. The molecule has 2 bridgehead atoms. The van der Waals surface area contributed by atoms with E-state index in [1.165, 1.54) is 12.8 Å². The van der Waals surface area contributed by atoms with E-state index in [4.69, 9.17) is 9.68 Å². The zero-order chi connectivity index (χ0) is 15.8. The Hall–Kier alpha value is -2.32. The molecule has 4 heterocycles. The summed E-state index contributed by atoms with van der Waals surface area (Å²) in [6.07, 6.45) is 3.59. The monoisotopic (exact) mass is 309 g/mol. The largest absolute Gasteiger partial charge is 0.446 e. The number of fused-ring (bicyclic) bond motifs is 5. The highest BCUT2D eigenvalue weighted by atomic mass is 16.3. The van der Waals surface area contributed by atoms with Gasteiger partial charge in [-0.15, -0.1) is 0 Å². The Morgan fingerprint density at radius 1 is 1.30 bits per heavy atom. The van der Waals surface area contributed by atoms with Crippen LogP contribution >= 0.6 is 0 Å². The first-order chi connectivity index (χ1) is 11.2. The number of carbonyl (C=O) groups excluding carboxylic acids is 1. The van der Waals surface area contributed by atoms with Crippen LogP contribution in [0.2, 0.25) is 0 Å². The molecule has 1 aromatic heterocycles. The molecule has 3 aliphatic heterocycles. The van der Waals surface area contributed by atoms with Gasteiger partial charge >= 0.3 is 0 Å². The van der Waals surface area contributed by atoms with Crippen LogP contribution in [0.1, 0.15) is 35.4 Å².